The number of hydrogen-bond donors (Lipinski definition) is 2. The maximum absolute atomic E-state index is 10.9. The first-order valence-corrected chi connectivity index (χ1v) is 14.8. The number of rotatable bonds is 15. The van der Waals surface area contributed by atoms with Crippen molar-refractivity contribution in [1.82, 2.24) is 4.90 Å². The van der Waals surface area contributed by atoms with E-state index in [1.807, 2.05) is 39.8 Å². The van der Waals surface area contributed by atoms with Gasteiger partial charge < -0.3 is 15.1 Å². The molecule has 0 saturated carbocycles. The monoisotopic (exact) mass is 559 g/mol. The summed E-state index contributed by atoms with van der Waals surface area (Å²) >= 11 is 0. The van der Waals surface area contributed by atoms with Crippen LogP contribution in [0.4, 0.5) is 0 Å². The smallest absolute Gasteiger partial charge is 0.303 e. The summed E-state index contributed by atoms with van der Waals surface area (Å²) in [5, 5.41) is 15.9. The molecule has 6 heteroatoms. The van der Waals surface area contributed by atoms with Crippen LogP contribution in [-0.4, -0.2) is 64.0 Å². The Labute approximate surface area is 245 Å². The summed E-state index contributed by atoms with van der Waals surface area (Å²) in [5.74, 6) is -0.743. The van der Waals surface area contributed by atoms with Crippen LogP contribution in [0.15, 0.2) is 72.5 Å². The third-order valence-electron chi connectivity index (χ3n) is 6.30. The summed E-state index contributed by atoms with van der Waals surface area (Å²) in [6.45, 7) is 28.7. The lowest BCUT2D eigenvalue weighted by Gasteiger charge is -2.21. The lowest BCUT2D eigenvalue weighted by molar-refractivity contribution is -0.470. The Kier molecular flexibility index (Phi) is 25.9. The van der Waals surface area contributed by atoms with Crippen molar-refractivity contribution in [3.8, 4) is 0 Å². The van der Waals surface area contributed by atoms with Crippen molar-refractivity contribution in [3.05, 3.63) is 72.5 Å². The summed E-state index contributed by atoms with van der Waals surface area (Å²) in [6, 6.07) is 0.376. The molecule has 0 spiro atoms. The molecule has 0 bridgehead atoms. The molecular weight excluding hydrogens is 500 g/mol. The highest BCUT2D eigenvalue weighted by atomic mass is 16.4. The van der Waals surface area contributed by atoms with Gasteiger partial charge in [0, 0.05) is 36.6 Å². The average molecular weight is 560 g/mol. The standard InChI is InChI=1S/C29H44N2O2.2C2H6.CH2O2/c1-9-15-24(18-17-23(5)30(8)21-10-2)19-20-27-29(6,7)25(11-3)26(12-4)31(27)22-14-13-16-28(32)33;2*1-2;2-1-3/h11-12,15,17-20,23H,3-4,9-10,13-14,16,21-22H2,1-2,5-8H3;2*1-2H3;1H,(H,2,3)/p+1/b18-17-,20-19+,24-15+;;;. The van der Waals surface area contributed by atoms with E-state index in [0.717, 1.165) is 43.6 Å². The summed E-state index contributed by atoms with van der Waals surface area (Å²) in [5.41, 5.74) is 4.40. The molecule has 0 saturated heterocycles. The average Bonchev–Trinajstić information content (AvgIpc) is 3.14. The third kappa shape index (κ3) is 15.0. The van der Waals surface area contributed by atoms with Gasteiger partial charge in [-0.25, -0.2) is 0 Å². The zero-order chi connectivity index (χ0) is 31.7. The van der Waals surface area contributed by atoms with Gasteiger partial charge in [-0.3, -0.25) is 9.59 Å². The largest absolute Gasteiger partial charge is 0.483 e. The first-order valence-electron chi connectivity index (χ1n) is 14.8. The van der Waals surface area contributed by atoms with Crippen LogP contribution in [0.3, 0.4) is 0 Å². The van der Waals surface area contributed by atoms with Crippen molar-refractivity contribution in [2.45, 2.75) is 100 Å². The molecule has 2 N–H and O–H groups in total. The third-order valence-corrected chi connectivity index (χ3v) is 6.30. The second-order valence-corrected chi connectivity index (χ2v) is 9.35. The molecule has 0 aromatic rings. The molecule has 1 unspecified atom stereocenters. The Balaban J connectivity index is -0.00000178. The molecule has 40 heavy (non-hydrogen) atoms. The fourth-order valence-corrected chi connectivity index (χ4v) is 4.29. The summed E-state index contributed by atoms with van der Waals surface area (Å²) in [7, 11) is 2.16. The highest BCUT2D eigenvalue weighted by molar-refractivity contribution is 6.00. The molecule has 1 heterocycles. The van der Waals surface area contributed by atoms with Crippen LogP contribution in [0.2, 0.25) is 0 Å². The van der Waals surface area contributed by atoms with E-state index in [0.29, 0.717) is 12.5 Å². The van der Waals surface area contributed by atoms with E-state index < -0.39 is 5.97 Å². The second-order valence-electron chi connectivity index (χ2n) is 9.35. The molecule has 1 rings (SSSR count). The maximum Gasteiger partial charge on any atom is 0.303 e. The highest BCUT2D eigenvalue weighted by Crippen LogP contribution is 2.38. The number of unbranched alkanes of at least 4 members (excludes halogenated alkanes) is 1. The number of likely N-dealkylation sites (N-methyl/N-ethyl adjacent to an activating group) is 1. The first kappa shape index (κ1) is 41.5. The Hall–Kier alpha value is -2.99. The van der Waals surface area contributed by atoms with E-state index in [4.69, 9.17) is 15.0 Å². The van der Waals surface area contributed by atoms with Crippen molar-refractivity contribution in [2.24, 2.45) is 5.41 Å². The van der Waals surface area contributed by atoms with Crippen molar-refractivity contribution in [1.29, 1.82) is 0 Å². The van der Waals surface area contributed by atoms with E-state index >= 15 is 0 Å². The predicted molar refractivity (Wildman–Crippen MR) is 173 cm³/mol. The van der Waals surface area contributed by atoms with Gasteiger partial charge in [-0.15, -0.1) is 0 Å². The topological polar surface area (TPSA) is 80.8 Å². The molecule has 228 valence electrons. The van der Waals surface area contributed by atoms with E-state index in [1.54, 1.807) is 0 Å². The number of hydrogen-bond acceptors (Lipinski definition) is 3. The van der Waals surface area contributed by atoms with Crippen molar-refractivity contribution < 1.29 is 24.4 Å². The molecule has 1 atom stereocenters. The van der Waals surface area contributed by atoms with Gasteiger partial charge in [-0.05, 0) is 65.3 Å². The van der Waals surface area contributed by atoms with E-state index in [9.17, 15) is 4.79 Å². The van der Waals surface area contributed by atoms with Gasteiger partial charge in [0.2, 0.25) is 5.70 Å². The van der Waals surface area contributed by atoms with Gasteiger partial charge in [0.1, 0.15) is 6.54 Å². The van der Waals surface area contributed by atoms with Gasteiger partial charge >= 0.3 is 5.97 Å². The molecule has 0 amide bonds. The van der Waals surface area contributed by atoms with Crippen LogP contribution >= 0.6 is 0 Å². The molecule has 1 aliphatic heterocycles. The minimum atomic E-state index is -0.743. The zero-order valence-corrected chi connectivity index (χ0v) is 27.2. The van der Waals surface area contributed by atoms with Crippen molar-refractivity contribution >= 4 is 18.2 Å². The molecule has 0 fully saturated rings. The number of carboxylic acids is 1. The molecule has 6 nitrogen and oxygen atoms in total. The van der Waals surface area contributed by atoms with Crippen LogP contribution in [0, 0.1) is 5.41 Å². The molecule has 0 radical (unpaired) electrons. The first-order chi connectivity index (χ1) is 19.0. The molecule has 1 aliphatic rings. The van der Waals surface area contributed by atoms with Gasteiger partial charge in [-0.1, -0.05) is 79.0 Å². The van der Waals surface area contributed by atoms with Gasteiger partial charge in [0.25, 0.3) is 6.47 Å². The van der Waals surface area contributed by atoms with Gasteiger partial charge in [0.15, 0.2) is 5.71 Å². The lowest BCUT2D eigenvalue weighted by atomic mass is 9.80. The predicted octanol–water partition coefficient (Wildman–Crippen LogP) is 8.29. The zero-order valence-electron chi connectivity index (χ0n) is 27.2. The maximum atomic E-state index is 10.9. The summed E-state index contributed by atoms with van der Waals surface area (Å²) in [6.07, 6.45) is 18.7. The fraction of sp³-hybridized carbons (Fsp3) is 0.559. The van der Waals surface area contributed by atoms with E-state index in [-0.39, 0.29) is 18.3 Å². The number of carbonyl (C=O) groups is 2. The number of aliphatic carboxylic acids is 1. The number of carboxylic acid groups (broad SMARTS) is 2. The minimum absolute atomic E-state index is 0.197. The van der Waals surface area contributed by atoms with Crippen molar-refractivity contribution in [3.63, 3.8) is 0 Å². The fourth-order valence-electron chi connectivity index (χ4n) is 4.29. The quantitative estimate of drug-likeness (QED) is 0.0913. The minimum Gasteiger partial charge on any atom is -0.483 e. The van der Waals surface area contributed by atoms with Crippen LogP contribution in [0.1, 0.15) is 94.4 Å². The van der Waals surface area contributed by atoms with Crippen LogP contribution < -0.4 is 0 Å². The van der Waals surface area contributed by atoms with Crippen LogP contribution in [0.5, 0.6) is 0 Å². The lowest BCUT2D eigenvalue weighted by Crippen LogP contribution is -2.27. The normalized spacial score (nSPS) is 15.1. The summed E-state index contributed by atoms with van der Waals surface area (Å²) < 4.78 is 2.29. The van der Waals surface area contributed by atoms with Crippen molar-refractivity contribution in [2.75, 3.05) is 20.1 Å². The van der Waals surface area contributed by atoms with E-state index in [1.165, 1.54) is 11.3 Å². The Morgan fingerprint density at radius 2 is 1.65 bits per heavy atom. The SMILES string of the molecule is C=CC1=C(C=C)C(C)(C)C(/C=C/C(/C=C\C(C)N(C)CCC)=C/CC)=[N+]1CCCCC(=O)O.CC.CC.O=CO. The number of allylic oxidation sites excluding steroid dienone is 8. The summed E-state index contributed by atoms with van der Waals surface area (Å²) in [4.78, 5) is 21.6. The Morgan fingerprint density at radius 3 is 2.10 bits per heavy atom. The van der Waals surface area contributed by atoms with Gasteiger partial charge in [-0.2, -0.15) is 4.58 Å². The van der Waals surface area contributed by atoms with Crippen LogP contribution in [-0.2, 0) is 9.59 Å². The van der Waals surface area contributed by atoms with Crippen LogP contribution in [0.25, 0.3) is 0 Å². The molecular formula is C34H59N2O4+. The molecule has 0 aromatic carbocycles. The Bertz CT molecular complexity index is 905. The Morgan fingerprint density at radius 1 is 1.07 bits per heavy atom. The number of nitrogens with zero attached hydrogens (tertiary/aromatic N) is 2. The molecule has 0 aliphatic carbocycles. The van der Waals surface area contributed by atoms with E-state index in [2.05, 4.69) is 94.7 Å². The van der Waals surface area contributed by atoms with Gasteiger partial charge in [0.05, 0.1) is 5.41 Å². The second kappa shape index (κ2) is 25.0. The highest BCUT2D eigenvalue weighted by Gasteiger charge is 2.43. The molecule has 0 aromatic heterocycles.